The number of nitrogens with zero attached hydrogens (tertiary/aromatic N) is 1. The Morgan fingerprint density at radius 2 is 1.80 bits per heavy atom. The van der Waals surface area contributed by atoms with Crippen molar-refractivity contribution in [2.24, 2.45) is 0 Å². The summed E-state index contributed by atoms with van der Waals surface area (Å²) in [4.78, 5) is 11.8. The van der Waals surface area contributed by atoms with Crippen LogP contribution in [0.3, 0.4) is 0 Å². The Hall–Kier alpha value is -2.49. The molecule has 1 amide bonds. The van der Waals surface area contributed by atoms with Gasteiger partial charge in [-0.1, -0.05) is 36.4 Å². The van der Waals surface area contributed by atoms with Gasteiger partial charge in [0.2, 0.25) is 5.91 Å². The molecule has 1 N–H and O–H groups in total. The molecule has 1 unspecified atom stereocenters. The molecule has 2 aromatic rings. The number of rotatable bonds is 3. The third-order valence-corrected chi connectivity index (χ3v) is 3.47. The molecule has 20 heavy (non-hydrogen) atoms. The Balaban J connectivity index is 2.00. The second-order valence-corrected chi connectivity index (χ2v) is 4.70. The van der Waals surface area contributed by atoms with Crippen LogP contribution in [-0.2, 0) is 4.79 Å². The van der Waals surface area contributed by atoms with Gasteiger partial charge in [-0.3, -0.25) is 15.2 Å². The number of benzene rings is 2. The second kappa shape index (κ2) is 5.25. The first-order chi connectivity index (χ1) is 9.79. The van der Waals surface area contributed by atoms with Crippen LogP contribution in [-0.4, -0.2) is 13.0 Å². The molecule has 1 atom stereocenters. The van der Waals surface area contributed by atoms with Gasteiger partial charge in [-0.2, -0.15) is 0 Å². The first-order valence-corrected chi connectivity index (χ1v) is 6.56. The van der Waals surface area contributed by atoms with Gasteiger partial charge >= 0.3 is 0 Å². The average Bonchev–Trinajstić information content (AvgIpc) is 2.90. The molecule has 0 radical (unpaired) electrons. The summed E-state index contributed by atoms with van der Waals surface area (Å²) in [5.74, 6) is 0.819. The molecule has 0 aliphatic carbocycles. The zero-order chi connectivity index (χ0) is 13.9. The van der Waals surface area contributed by atoms with Crippen molar-refractivity contribution in [2.75, 3.05) is 12.1 Å². The van der Waals surface area contributed by atoms with Crippen molar-refractivity contribution in [3.8, 4) is 5.75 Å². The highest BCUT2D eigenvalue weighted by molar-refractivity contribution is 5.83. The van der Waals surface area contributed by atoms with Gasteiger partial charge in [-0.15, -0.1) is 0 Å². The minimum absolute atomic E-state index is 0.0183. The van der Waals surface area contributed by atoms with E-state index in [1.807, 2.05) is 59.6 Å². The lowest BCUT2D eigenvalue weighted by Crippen LogP contribution is -2.34. The van der Waals surface area contributed by atoms with Crippen LogP contribution in [0, 0.1) is 0 Å². The van der Waals surface area contributed by atoms with Gasteiger partial charge in [-0.25, -0.2) is 0 Å². The van der Waals surface area contributed by atoms with E-state index in [0.717, 1.165) is 17.0 Å². The molecule has 1 saturated heterocycles. The number of methoxy groups -OCH3 is 1. The van der Waals surface area contributed by atoms with E-state index in [2.05, 4.69) is 5.43 Å². The summed E-state index contributed by atoms with van der Waals surface area (Å²) in [6, 6.07) is 17.6. The molecule has 102 valence electrons. The third kappa shape index (κ3) is 2.20. The predicted octanol–water partition coefficient (Wildman–Crippen LogP) is 2.68. The number of amides is 1. The predicted molar refractivity (Wildman–Crippen MR) is 77.4 cm³/mol. The van der Waals surface area contributed by atoms with Crippen LogP contribution in [0.5, 0.6) is 5.75 Å². The first kappa shape index (κ1) is 12.5. The van der Waals surface area contributed by atoms with Gasteiger partial charge in [0.25, 0.3) is 0 Å². The molecule has 1 aliphatic rings. The highest BCUT2D eigenvalue weighted by Crippen LogP contribution is 2.36. The second-order valence-electron chi connectivity index (χ2n) is 4.70. The van der Waals surface area contributed by atoms with Crippen molar-refractivity contribution < 1.29 is 9.53 Å². The van der Waals surface area contributed by atoms with Gasteiger partial charge < -0.3 is 4.74 Å². The lowest BCUT2D eigenvalue weighted by atomic mass is 10.0. The Morgan fingerprint density at radius 1 is 1.10 bits per heavy atom. The number of carbonyl (C=O) groups is 1. The van der Waals surface area contributed by atoms with E-state index in [1.165, 1.54) is 0 Å². The van der Waals surface area contributed by atoms with Gasteiger partial charge in [0.15, 0.2) is 0 Å². The SMILES string of the molecule is COc1ccccc1C1CC(=O)NN1c1ccccc1. The van der Waals surface area contributed by atoms with Crippen LogP contribution in [0.2, 0.25) is 0 Å². The van der Waals surface area contributed by atoms with Crippen molar-refractivity contribution in [3.63, 3.8) is 0 Å². The molecular formula is C16H16N2O2. The lowest BCUT2D eigenvalue weighted by Gasteiger charge is -2.26. The summed E-state index contributed by atoms with van der Waals surface area (Å²) in [6.45, 7) is 0. The van der Waals surface area contributed by atoms with Crippen molar-refractivity contribution >= 4 is 11.6 Å². The Labute approximate surface area is 117 Å². The van der Waals surface area contributed by atoms with Crippen molar-refractivity contribution in [1.29, 1.82) is 0 Å². The molecule has 0 aromatic heterocycles. The summed E-state index contributed by atoms with van der Waals surface area (Å²) >= 11 is 0. The fourth-order valence-electron chi connectivity index (χ4n) is 2.55. The van der Waals surface area contributed by atoms with E-state index >= 15 is 0 Å². The molecule has 0 spiro atoms. The zero-order valence-electron chi connectivity index (χ0n) is 11.2. The molecule has 1 aliphatic heterocycles. The van der Waals surface area contributed by atoms with Crippen LogP contribution in [0.4, 0.5) is 5.69 Å². The lowest BCUT2D eigenvalue weighted by molar-refractivity contribution is -0.119. The highest BCUT2D eigenvalue weighted by Gasteiger charge is 2.33. The fourth-order valence-corrected chi connectivity index (χ4v) is 2.55. The van der Waals surface area contributed by atoms with E-state index in [4.69, 9.17) is 4.74 Å². The number of hydrogen-bond acceptors (Lipinski definition) is 3. The van der Waals surface area contributed by atoms with Crippen LogP contribution < -0.4 is 15.2 Å². The largest absolute Gasteiger partial charge is 0.496 e. The number of hydrazine groups is 1. The van der Waals surface area contributed by atoms with Crippen molar-refractivity contribution in [1.82, 2.24) is 5.43 Å². The summed E-state index contributed by atoms with van der Waals surface area (Å²) < 4.78 is 5.41. The van der Waals surface area contributed by atoms with Crippen LogP contribution in [0.25, 0.3) is 0 Å². The molecule has 0 bridgehead atoms. The maximum Gasteiger partial charge on any atom is 0.241 e. The number of para-hydroxylation sites is 2. The number of carbonyl (C=O) groups excluding carboxylic acids is 1. The monoisotopic (exact) mass is 268 g/mol. The standard InChI is InChI=1S/C16H16N2O2/c1-20-15-10-6-5-9-13(15)14-11-16(19)17-18(14)12-7-3-2-4-8-12/h2-10,14H,11H2,1H3,(H,17,19). The number of anilines is 1. The maximum atomic E-state index is 11.8. The van der Waals surface area contributed by atoms with Gasteiger partial charge in [0, 0.05) is 5.56 Å². The summed E-state index contributed by atoms with van der Waals surface area (Å²) in [5.41, 5.74) is 4.89. The van der Waals surface area contributed by atoms with Crippen LogP contribution >= 0.6 is 0 Å². The van der Waals surface area contributed by atoms with E-state index in [1.54, 1.807) is 7.11 Å². The molecular weight excluding hydrogens is 252 g/mol. The Morgan fingerprint density at radius 3 is 2.55 bits per heavy atom. The maximum absolute atomic E-state index is 11.8. The zero-order valence-corrected chi connectivity index (χ0v) is 11.2. The first-order valence-electron chi connectivity index (χ1n) is 6.56. The summed E-state index contributed by atoms with van der Waals surface area (Å²) in [5, 5.41) is 1.90. The van der Waals surface area contributed by atoms with Crippen molar-refractivity contribution in [2.45, 2.75) is 12.5 Å². The minimum Gasteiger partial charge on any atom is -0.496 e. The molecule has 1 fully saturated rings. The molecule has 2 aromatic carbocycles. The Bertz CT molecular complexity index is 613. The van der Waals surface area contributed by atoms with Crippen LogP contribution in [0.1, 0.15) is 18.0 Å². The van der Waals surface area contributed by atoms with Crippen molar-refractivity contribution in [3.05, 3.63) is 60.2 Å². The Kier molecular flexibility index (Phi) is 3.29. The fraction of sp³-hybridized carbons (Fsp3) is 0.188. The molecule has 4 heteroatoms. The molecule has 0 saturated carbocycles. The van der Waals surface area contributed by atoms with E-state index in [9.17, 15) is 4.79 Å². The minimum atomic E-state index is -0.0546. The summed E-state index contributed by atoms with van der Waals surface area (Å²) in [6.07, 6.45) is 0.426. The average molecular weight is 268 g/mol. The molecule has 1 heterocycles. The number of ether oxygens (including phenoxy) is 1. The summed E-state index contributed by atoms with van der Waals surface area (Å²) in [7, 11) is 1.65. The molecule has 4 nitrogen and oxygen atoms in total. The topological polar surface area (TPSA) is 41.6 Å². The molecule has 3 rings (SSSR count). The van der Waals surface area contributed by atoms with Gasteiger partial charge in [0.05, 0.1) is 25.3 Å². The normalized spacial score (nSPS) is 17.9. The number of nitrogens with one attached hydrogen (secondary N) is 1. The van der Waals surface area contributed by atoms with E-state index < -0.39 is 0 Å². The van der Waals surface area contributed by atoms with E-state index in [-0.39, 0.29) is 11.9 Å². The third-order valence-electron chi connectivity index (χ3n) is 3.47. The quantitative estimate of drug-likeness (QED) is 0.930. The highest BCUT2D eigenvalue weighted by atomic mass is 16.5. The smallest absolute Gasteiger partial charge is 0.241 e. The van der Waals surface area contributed by atoms with Gasteiger partial charge in [-0.05, 0) is 18.2 Å². The number of hydrogen-bond donors (Lipinski definition) is 1. The van der Waals surface area contributed by atoms with Gasteiger partial charge in [0.1, 0.15) is 5.75 Å². The van der Waals surface area contributed by atoms with E-state index in [0.29, 0.717) is 6.42 Å². The van der Waals surface area contributed by atoms with Crippen LogP contribution in [0.15, 0.2) is 54.6 Å².